The van der Waals surface area contributed by atoms with Crippen molar-refractivity contribution >= 4 is 10.8 Å². The highest BCUT2D eigenvalue weighted by Gasteiger charge is 2.19. The number of hydrogen-bond donors (Lipinski definition) is 1. The van der Waals surface area contributed by atoms with E-state index in [4.69, 9.17) is 4.74 Å². The van der Waals surface area contributed by atoms with Crippen LogP contribution in [-0.2, 0) is 15.5 Å². The van der Waals surface area contributed by atoms with Gasteiger partial charge in [-0.25, -0.2) is 0 Å². The van der Waals surface area contributed by atoms with E-state index < -0.39 is 10.8 Å². The van der Waals surface area contributed by atoms with E-state index in [9.17, 15) is 4.21 Å². The molecule has 0 radical (unpaired) electrons. The Morgan fingerprint density at radius 1 is 1.44 bits per heavy atom. The van der Waals surface area contributed by atoms with Gasteiger partial charge < -0.3 is 10.1 Å². The summed E-state index contributed by atoms with van der Waals surface area (Å²) in [4.78, 5) is 0. The SMILES string of the molecule is CCNC(C)CCCS(=O)C1CCOCC1. The molecule has 0 spiro atoms. The number of ether oxygens (including phenoxy) is 1. The number of nitrogens with one attached hydrogen (secondary N) is 1. The third kappa shape index (κ3) is 5.41. The van der Waals surface area contributed by atoms with Crippen LogP contribution in [0.1, 0.15) is 39.5 Å². The summed E-state index contributed by atoms with van der Waals surface area (Å²) in [6.07, 6.45) is 4.16. The molecule has 0 aliphatic carbocycles. The molecule has 2 unspecified atom stereocenters. The molecule has 1 N–H and O–H groups in total. The normalized spacial score (nSPS) is 21.9. The zero-order chi connectivity index (χ0) is 11.8. The van der Waals surface area contributed by atoms with Crippen molar-refractivity contribution in [2.45, 2.75) is 50.8 Å². The minimum atomic E-state index is -0.635. The molecule has 0 amide bonds. The highest BCUT2D eigenvalue weighted by Crippen LogP contribution is 2.14. The fourth-order valence-corrected chi connectivity index (χ4v) is 3.59. The lowest BCUT2D eigenvalue weighted by Gasteiger charge is -2.21. The topological polar surface area (TPSA) is 38.3 Å². The molecule has 96 valence electrons. The molecule has 1 aliphatic heterocycles. The Bertz CT molecular complexity index is 205. The van der Waals surface area contributed by atoms with Crippen molar-refractivity contribution in [2.24, 2.45) is 0 Å². The van der Waals surface area contributed by atoms with Gasteiger partial charge in [0.1, 0.15) is 0 Å². The lowest BCUT2D eigenvalue weighted by molar-refractivity contribution is 0.0992. The van der Waals surface area contributed by atoms with Crippen molar-refractivity contribution < 1.29 is 8.95 Å². The Morgan fingerprint density at radius 3 is 2.75 bits per heavy atom. The second kappa shape index (κ2) is 8.20. The predicted molar refractivity (Wildman–Crippen MR) is 69.2 cm³/mol. The third-order valence-corrected chi connectivity index (χ3v) is 4.98. The Balaban J connectivity index is 2.09. The Labute approximate surface area is 102 Å². The summed E-state index contributed by atoms with van der Waals surface area (Å²) in [5.41, 5.74) is 0. The van der Waals surface area contributed by atoms with Crippen LogP contribution in [0.4, 0.5) is 0 Å². The minimum absolute atomic E-state index is 0.392. The predicted octanol–water partition coefficient (Wildman–Crippen LogP) is 1.69. The van der Waals surface area contributed by atoms with Crippen molar-refractivity contribution in [3.05, 3.63) is 0 Å². The standard InChI is InChI=1S/C12H25NO2S/c1-3-13-11(2)5-4-10-16(14)12-6-8-15-9-7-12/h11-13H,3-10H2,1-2H3. The molecule has 1 rings (SSSR count). The molecule has 3 nitrogen and oxygen atoms in total. The van der Waals surface area contributed by atoms with Gasteiger partial charge in [-0.05, 0) is 39.2 Å². The van der Waals surface area contributed by atoms with Gasteiger partial charge in [-0.1, -0.05) is 6.92 Å². The molecule has 0 aromatic rings. The van der Waals surface area contributed by atoms with Crippen LogP contribution in [-0.4, -0.2) is 41.0 Å². The summed E-state index contributed by atoms with van der Waals surface area (Å²) in [5.74, 6) is 0.862. The van der Waals surface area contributed by atoms with Gasteiger partial charge >= 0.3 is 0 Å². The fraction of sp³-hybridized carbons (Fsp3) is 1.00. The maximum atomic E-state index is 12.0. The van der Waals surface area contributed by atoms with Crippen LogP contribution in [0.15, 0.2) is 0 Å². The van der Waals surface area contributed by atoms with Crippen molar-refractivity contribution in [3.63, 3.8) is 0 Å². The molecule has 0 bridgehead atoms. The average Bonchev–Trinajstić information content (AvgIpc) is 2.30. The van der Waals surface area contributed by atoms with Gasteiger partial charge in [-0.2, -0.15) is 0 Å². The number of rotatable bonds is 7. The molecule has 1 heterocycles. The summed E-state index contributed by atoms with van der Waals surface area (Å²) >= 11 is 0. The van der Waals surface area contributed by atoms with Crippen LogP contribution in [0.25, 0.3) is 0 Å². The van der Waals surface area contributed by atoms with Crippen LogP contribution in [0, 0.1) is 0 Å². The first kappa shape index (κ1) is 14.1. The summed E-state index contributed by atoms with van der Waals surface area (Å²) in [6.45, 7) is 6.93. The van der Waals surface area contributed by atoms with Crippen LogP contribution in [0.3, 0.4) is 0 Å². The van der Waals surface area contributed by atoms with E-state index in [1.54, 1.807) is 0 Å². The summed E-state index contributed by atoms with van der Waals surface area (Å²) in [7, 11) is -0.635. The van der Waals surface area contributed by atoms with Crippen molar-refractivity contribution in [2.75, 3.05) is 25.5 Å². The van der Waals surface area contributed by atoms with E-state index in [2.05, 4.69) is 19.2 Å². The van der Waals surface area contributed by atoms with Crippen molar-refractivity contribution in [3.8, 4) is 0 Å². The van der Waals surface area contributed by atoms with E-state index in [0.29, 0.717) is 11.3 Å². The van der Waals surface area contributed by atoms with Gasteiger partial charge in [0, 0.05) is 41.1 Å². The highest BCUT2D eigenvalue weighted by molar-refractivity contribution is 7.85. The highest BCUT2D eigenvalue weighted by atomic mass is 32.2. The van der Waals surface area contributed by atoms with Gasteiger partial charge in [-0.3, -0.25) is 4.21 Å². The summed E-state index contributed by atoms with van der Waals surface area (Å²) in [5, 5.41) is 3.77. The number of hydrogen-bond acceptors (Lipinski definition) is 3. The Hall–Kier alpha value is 0.0700. The molecule has 0 saturated carbocycles. The van der Waals surface area contributed by atoms with Crippen LogP contribution in [0.2, 0.25) is 0 Å². The van der Waals surface area contributed by atoms with Crippen LogP contribution in [0.5, 0.6) is 0 Å². The van der Waals surface area contributed by atoms with E-state index in [1.165, 1.54) is 0 Å². The molecular weight excluding hydrogens is 222 g/mol. The quantitative estimate of drug-likeness (QED) is 0.744. The molecule has 16 heavy (non-hydrogen) atoms. The molecule has 1 aliphatic rings. The third-order valence-electron chi connectivity index (χ3n) is 3.08. The molecule has 0 aromatic heterocycles. The molecular formula is C12H25NO2S. The smallest absolute Gasteiger partial charge is 0.0477 e. The first-order valence-electron chi connectivity index (χ1n) is 6.42. The first-order chi connectivity index (χ1) is 7.74. The fourth-order valence-electron chi connectivity index (χ4n) is 2.09. The Kier molecular flexibility index (Phi) is 7.25. The first-order valence-corrected chi connectivity index (χ1v) is 7.80. The average molecular weight is 247 g/mol. The molecule has 0 aromatic carbocycles. The van der Waals surface area contributed by atoms with Gasteiger partial charge in [-0.15, -0.1) is 0 Å². The maximum absolute atomic E-state index is 12.0. The van der Waals surface area contributed by atoms with E-state index in [1.807, 2.05) is 0 Å². The van der Waals surface area contributed by atoms with Gasteiger partial charge in [0.15, 0.2) is 0 Å². The maximum Gasteiger partial charge on any atom is 0.0477 e. The lowest BCUT2D eigenvalue weighted by atomic mass is 10.2. The lowest BCUT2D eigenvalue weighted by Crippen LogP contribution is -2.28. The zero-order valence-electron chi connectivity index (χ0n) is 10.5. The second-order valence-corrected chi connectivity index (χ2v) is 6.33. The monoisotopic (exact) mass is 247 g/mol. The van der Waals surface area contributed by atoms with Gasteiger partial charge in [0.05, 0.1) is 0 Å². The summed E-state index contributed by atoms with van der Waals surface area (Å²) < 4.78 is 17.3. The minimum Gasteiger partial charge on any atom is -0.381 e. The molecule has 1 fully saturated rings. The zero-order valence-corrected chi connectivity index (χ0v) is 11.4. The van der Waals surface area contributed by atoms with E-state index in [-0.39, 0.29) is 0 Å². The van der Waals surface area contributed by atoms with Crippen molar-refractivity contribution in [1.29, 1.82) is 0 Å². The van der Waals surface area contributed by atoms with Crippen molar-refractivity contribution in [1.82, 2.24) is 5.32 Å². The van der Waals surface area contributed by atoms with E-state index >= 15 is 0 Å². The van der Waals surface area contributed by atoms with Crippen LogP contribution >= 0.6 is 0 Å². The summed E-state index contributed by atoms with van der Waals surface area (Å²) in [6, 6.07) is 0.552. The van der Waals surface area contributed by atoms with Crippen LogP contribution < -0.4 is 5.32 Å². The largest absolute Gasteiger partial charge is 0.381 e. The molecule has 1 saturated heterocycles. The molecule has 4 heteroatoms. The van der Waals surface area contributed by atoms with E-state index in [0.717, 1.165) is 51.2 Å². The molecule has 2 atom stereocenters. The Morgan fingerprint density at radius 2 is 2.12 bits per heavy atom. The van der Waals surface area contributed by atoms with Gasteiger partial charge in [0.2, 0.25) is 0 Å². The van der Waals surface area contributed by atoms with Gasteiger partial charge in [0.25, 0.3) is 0 Å². The second-order valence-electron chi connectivity index (χ2n) is 4.50.